The minimum atomic E-state index is -2.95. The zero-order valence-electron chi connectivity index (χ0n) is 25.3. The fraction of sp³-hybridized carbons (Fsp3) is 0.690. The Hall–Kier alpha value is -2.70. The van der Waals surface area contributed by atoms with E-state index >= 15 is 0 Å². The first-order chi connectivity index (χ1) is 19.2. The molecule has 0 aliphatic carbocycles. The van der Waals surface area contributed by atoms with Gasteiger partial charge in [0, 0.05) is 24.2 Å². The summed E-state index contributed by atoms with van der Waals surface area (Å²) in [5.41, 5.74) is -2.09. The highest BCUT2D eigenvalue weighted by Gasteiger charge is 2.41. The highest BCUT2D eigenvalue weighted by molar-refractivity contribution is 6.31. The van der Waals surface area contributed by atoms with Crippen LogP contribution in [0.5, 0.6) is 5.75 Å². The van der Waals surface area contributed by atoms with Crippen LogP contribution >= 0.6 is 11.6 Å². The van der Waals surface area contributed by atoms with Gasteiger partial charge in [0.25, 0.3) is 12.3 Å². The van der Waals surface area contributed by atoms with Crippen molar-refractivity contribution in [3.8, 4) is 5.75 Å². The second-order valence-corrected chi connectivity index (χ2v) is 13.3. The lowest BCUT2D eigenvalue weighted by Crippen LogP contribution is -2.47. The SMILES string of the molecule is CC(C)(C)OC(=O)NC(c1cc(Cl)c(C(F)F)cc1OC(=O)OC(C)(C)C)C1CCN(C(=O)[C@H]2COC(C)(C)O2)CC1. The molecule has 2 heterocycles. The quantitative estimate of drug-likeness (QED) is 0.282. The molecular weight excluding hydrogens is 578 g/mol. The predicted molar refractivity (Wildman–Crippen MR) is 150 cm³/mol. The summed E-state index contributed by atoms with van der Waals surface area (Å²) in [6.45, 7) is 14.3. The molecule has 2 amide bonds. The molecule has 1 unspecified atom stereocenters. The normalized spacial score (nSPS) is 20.3. The maximum Gasteiger partial charge on any atom is 0.514 e. The standard InChI is InChI=1S/C29H41ClF2N2O8/c1-27(2,3)41-25(36)33-22(16-9-11-34(12-10-16)24(35)21-15-38-29(7,8)40-21)18-13-19(30)17(23(31)32)14-20(18)39-26(37)42-28(4,5)6/h13-14,16,21-23H,9-12,15H2,1-8H3,(H,33,36)/t21-,22?/m1/s1. The van der Waals surface area contributed by atoms with Gasteiger partial charge < -0.3 is 33.9 Å². The molecule has 0 aromatic heterocycles. The van der Waals surface area contributed by atoms with Gasteiger partial charge in [0.15, 0.2) is 11.9 Å². The zero-order chi connectivity index (χ0) is 31.6. The highest BCUT2D eigenvalue weighted by atomic mass is 35.5. The summed E-state index contributed by atoms with van der Waals surface area (Å²) in [6, 6.07) is 1.37. The summed E-state index contributed by atoms with van der Waals surface area (Å²) in [5.74, 6) is -1.60. The number of rotatable bonds is 6. The molecule has 0 saturated carbocycles. The molecule has 1 aromatic rings. The minimum Gasteiger partial charge on any atom is -0.444 e. The first-order valence-electron chi connectivity index (χ1n) is 13.9. The number of halogens is 3. The number of ether oxygens (including phenoxy) is 5. The summed E-state index contributed by atoms with van der Waals surface area (Å²) >= 11 is 6.25. The molecular formula is C29H41ClF2N2O8. The maximum atomic E-state index is 13.8. The van der Waals surface area contributed by atoms with Crippen molar-refractivity contribution in [1.29, 1.82) is 0 Å². The zero-order valence-corrected chi connectivity index (χ0v) is 26.1. The molecule has 2 fully saturated rings. The van der Waals surface area contributed by atoms with Crippen LogP contribution in [0.1, 0.15) is 91.8 Å². The van der Waals surface area contributed by atoms with Crippen LogP contribution in [-0.2, 0) is 23.7 Å². The number of piperidine rings is 1. The van der Waals surface area contributed by atoms with Crippen molar-refractivity contribution < 1.29 is 46.8 Å². The first-order valence-corrected chi connectivity index (χ1v) is 14.2. The Morgan fingerprint density at radius 2 is 1.62 bits per heavy atom. The molecule has 0 spiro atoms. The van der Waals surface area contributed by atoms with E-state index in [2.05, 4.69) is 5.32 Å². The van der Waals surface area contributed by atoms with E-state index in [9.17, 15) is 23.2 Å². The maximum absolute atomic E-state index is 13.8. The Morgan fingerprint density at radius 3 is 2.12 bits per heavy atom. The average Bonchev–Trinajstić information content (AvgIpc) is 3.20. The topological polar surface area (TPSA) is 113 Å². The van der Waals surface area contributed by atoms with Gasteiger partial charge in [-0.15, -0.1) is 0 Å². The molecule has 13 heteroatoms. The number of hydrogen-bond acceptors (Lipinski definition) is 8. The second kappa shape index (κ2) is 12.9. The summed E-state index contributed by atoms with van der Waals surface area (Å²) in [7, 11) is 0. The Labute approximate surface area is 250 Å². The summed E-state index contributed by atoms with van der Waals surface area (Å²) in [4.78, 5) is 40.3. The molecule has 236 valence electrons. The minimum absolute atomic E-state index is 0.148. The Bertz CT molecular complexity index is 1160. The van der Waals surface area contributed by atoms with Gasteiger partial charge in [0.1, 0.15) is 17.0 Å². The van der Waals surface area contributed by atoms with Gasteiger partial charge in [-0.1, -0.05) is 11.6 Å². The van der Waals surface area contributed by atoms with Crippen LogP contribution in [0.3, 0.4) is 0 Å². The average molecular weight is 619 g/mol. The van der Waals surface area contributed by atoms with Crippen LogP contribution in [-0.4, -0.2) is 65.8 Å². The predicted octanol–water partition coefficient (Wildman–Crippen LogP) is 6.55. The molecule has 0 radical (unpaired) electrons. The van der Waals surface area contributed by atoms with Crippen LogP contribution < -0.4 is 10.1 Å². The Balaban J connectivity index is 1.93. The van der Waals surface area contributed by atoms with E-state index in [4.69, 9.17) is 35.3 Å². The lowest BCUT2D eigenvalue weighted by Gasteiger charge is -2.38. The lowest BCUT2D eigenvalue weighted by molar-refractivity contribution is -0.161. The summed E-state index contributed by atoms with van der Waals surface area (Å²) in [6.07, 6.45) is -4.70. The summed E-state index contributed by atoms with van der Waals surface area (Å²) in [5, 5.41) is 2.56. The van der Waals surface area contributed by atoms with Gasteiger partial charge in [-0.05, 0) is 86.3 Å². The van der Waals surface area contributed by atoms with E-state index < -0.39 is 53.4 Å². The Kier molecular flexibility index (Phi) is 10.4. The molecule has 1 N–H and O–H groups in total. The molecule has 1 aromatic carbocycles. The van der Waals surface area contributed by atoms with Gasteiger partial charge >= 0.3 is 12.2 Å². The number of likely N-dealkylation sites (tertiary alicyclic amines) is 1. The smallest absolute Gasteiger partial charge is 0.444 e. The van der Waals surface area contributed by atoms with Crippen LogP contribution in [0.25, 0.3) is 0 Å². The van der Waals surface area contributed by atoms with Crippen molar-refractivity contribution in [3.05, 3.63) is 28.3 Å². The van der Waals surface area contributed by atoms with Crippen LogP contribution in [0.2, 0.25) is 5.02 Å². The van der Waals surface area contributed by atoms with Crippen molar-refractivity contribution in [2.75, 3.05) is 19.7 Å². The van der Waals surface area contributed by atoms with E-state index in [1.165, 1.54) is 6.07 Å². The fourth-order valence-corrected chi connectivity index (χ4v) is 5.05. The number of benzene rings is 1. The van der Waals surface area contributed by atoms with Gasteiger partial charge in [-0.2, -0.15) is 0 Å². The molecule has 2 saturated heterocycles. The molecule has 2 aliphatic heterocycles. The lowest BCUT2D eigenvalue weighted by atomic mass is 9.84. The van der Waals surface area contributed by atoms with Gasteiger partial charge in [-0.3, -0.25) is 4.79 Å². The van der Waals surface area contributed by atoms with Crippen LogP contribution in [0.15, 0.2) is 12.1 Å². The second-order valence-electron chi connectivity index (χ2n) is 12.9. The Morgan fingerprint density at radius 1 is 1.02 bits per heavy atom. The largest absolute Gasteiger partial charge is 0.514 e. The molecule has 42 heavy (non-hydrogen) atoms. The number of hydrogen-bond donors (Lipinski definition) is 1. The van der Waals surface area contributed by atoms with E-state index in [1.807, 2.05) is 0 Å². The summed E-state index contributed by atoms with van der Waals surface area (Å²) < 4.78 is 55.0. The van der Waals surface area contributed by atoms with E-state index in [1.54, 1.807) is 60.3 Å². The number of carbonyl (C=O) groups is 3. The molecule has 3 rings (SSSR count). The number of alkyl carbamates (subject to hydrolysis) is 1. The van der Waals surface area contributed by atoms with Crippen molar-refractivity contribution >= 4 is 29.8 Å². The third-order valence-electron chi connectivity index (χ3n) is 6.56. The number of nitrogens with zero attached hydrogens (tertiary/aromatic N) is 1. The monoisotopic (exact) mass is 618 g/mol. The molecule has 0 bridgehead atoms. The van der Waals surface area contributed by atoms with Gasteiger partial charge in [0.2, 0.25) is 0 Å². The van der Waals surface area contributed by atoms with E-state index in [-0.39, 0.29) is 34.8 Å². The third kappa shape index (κ3) is 9.40. The number of alkyl halides is 2. The number of nitrogens with one attached hydrogen (secondary N) is 1. The highest BCUT2D eigenvalue weighted by Crippen LogP contribution is 2.41. The van der Waals surface area contributed by atoms with Crippen molar-refractivity contribution in [2.45, 2.75) is 104 Å². The number of amides is 2. The number of carbonyl (C=O) groups excluding carboxylic acids is 3. The van der Waals surface area contributed by atoms with Crippen molar-refractivity contribution in [3.63, 3.8) is 0 Å². The van der Waals surface area contributed by atoms with Crippen molar-refractivity contribution in [2.24, 2.45) is 5.92 Å². The van der Waals surface area contributed by atoms with Gasteiger partial charge in [-0.25, -0.2) is 18.4 Å². The fourth-order valence-electron chi connectivity index (χ4n) is 4.79. The van der Waals surface area contributed by atoms with Crippen molar-refractivity contribution in [1.82, 2.24) is 10.2 Å². The molecule has 10 nitrogen and oxygen atoms in total. The van der Waals surface area contributed by atoms with Crippen LogP contribution in [0, 0.1) is 5.92 Å². The van der Waals surface area contributed by atoms with E-state index in [0.717, 1.165) is 6.07 Å². The van der Waals surface area contributed by atoms with E-state index in [0.29, 0.717) is 25.9 Å². The van der Waals surface area contributed by atoms with Crippen LogP contribution in [0.4, 0.5) is 18.4 Å². The first kappa shape index (κ1) is 33.8. The van der Waals surface area contributed by atoms with Gasteiger partial charge in [0.05, 0.1) is 17.7 Å². The third-order valence-corrected chi connectivity index (χ3v) is 6.89. The molecule has 2 aliphatic rings. The molecule has 2 atom stereocenters.